The quantitative estimate of drug-likeness (QED) is 0.659. The number of halogens is 2. The van der Waals surface area contributed by atoms with Gasteiger partial charge in [-0.25, -0.2) is 4.39 Å². The zero-order chi connectivity index (χ0) is 15.9. The van der Waals surface area contributed by atoms with Gasteiger partial charge in [0.15, 0.2) is 0 Å². The molecule has 0 saturated carbocycles. The number of unbranched alkanes of at least 4 members (excludes halogenated alkanes) is 1. The Morgan fingerprint density at radius 2 is 2.18 bits per heavy atom. The Labute approximate surface area is 140 Å². The molecule has 1 unspecified atom stereocenters. The largest absolute Gasteiger partial charge is 0.381 e. The average molecular weight is 346 g/mol. The van der Waals surface area contributed by atoms with Crippen LogP contribution >= 0.6 is 23.4 Å². The van der Waals surface area contributed by atoms with E-state index in [2.05, 4.69) is 6.92 Å². The lowest BCUT2D eigenvalue weighted by atomic mass is 10.2. The van der Waals surface area contributed by atoms with E-state index in [4.69, 9.17) is 16.3 Å². The fourth-order valence-corrected chi connectivity index (χ4v) is 3.72. The maximum absolute atomic E-state index is 13.3. The molecule has 1 aromatic carbocycles. The summed E-state index contributed by atoms with van der Waals surface area (Å²) in [5, 5.41) is 0.0153. The zero-order valence-electron chi connectivity index (χ0n) is 12.7. The number of benzene rings is 1. The second-order valence-electron chi connectivity index (χ2n) is 5.24. The van der Waals surface area contributed by atoms with Crippen LogP contribution in [0, 0.1) is 5.82 Å². The van der Waals surface area contributed by atoms with Gasteiger partial charge in [0.25, 0.3) is 0 Å². The molecule has 2 rings (SSSR count). The summed E-state index contributed by atoms with van der Waals surface area (Å²) in [6, 6.07) is 4.66. The van der Waals surface area contributed by atoms with Gasteiger partial charge in [0.2, 0.25) is 5.91 Å². The highest BCUT2D eigenvalue weighted by Crippen LogP contribution is 2.39. The number of carbonyl (C=O) groups excluding carboxylic acids is 1. The molecule has 1 heterocycles. The Morgan fingerprint density at radius 1 is 1.41 bits per heavy atom. The first-order chi connectivity index (χ1) is 10.6. The molecule has 1 fully saturated rings. The van der Waals surface area contributed by atoms with Gasteiger partial charge in [-0.3, -0.25) is 4.79 Å². The minimum atomic E-state index is -0.435. The summed E-state index contributed by atoms with van der Waals surface area (Å²) in [6.07, 6.45) is 2.99. The van der Waals surface area contributed by atoms with E-state index in [1.54, 1.807) is 23.9 Å². The van der Waals surface area contributed by atoms with Crippen LogP contribution in [0.15, 0.2) is 18.2 Å². The van der Waals surface area contributed by atoms with Crippen molar-refractivity contribution in [3.05, 3.63) is 34.6 Å². The molecule has 6 heteroatoms. The standard InChI is InChI=1S/C16H21ClFNO2S/c1-2-3-8-21-9-4-7-19-15(20)11-22-16(19)12-5-6-14(18)13(17)10-12/h5-6,10,16H,2-4,7-9,11H2,1H3. The lowest BCUT2D eigenvalue weighted by molar-refractivity contribution is -0.128. The van der Waals surface area contributed by atoms with Crippen LogP contribution in [-0.2, 0) is 9.53 Å². The number of amides is 1. The summed E-state index contributed by atoms with van der Waals surface area (Å²) >= 11 is 7.40. The van der Waals surface area contributed by atoms with E-state index < -0.39 is 5.82 Å². The molecule has 122 valence electrons. The summed E-state index contributed by atoms with van der Waals surface area (Å²) in [5.41, 5.74) is 0.870. The van der Waals surface area contributed by atoms with Crippen molar-refractivity contribution in [2.45, 2.75) is 31.6 Å². The van der Waals surface area contributed by atoms with Crippen molar-refractivity contribution in [1.29, 1.82) is 0 Å². The van der Waals surface area contributed by atoms with E-state index in [9.17, 15) is 9.18 Å². The Balaban J connectivity index is 1.90. The molecule has 1 aliphatic rings. The molecule has 0 N–H and O–H groups in total. The fourth-order valence-electron chi connectivity index (χ4n) is 2.32. The number of hydrogen-bond donors (Lipinski definition) is 0. The molecular weight excluding hydrogens is 325 g/mol. The van der Waals surface area contributed by atoms with Gasteiger partial charge in [0, 0.05) is 19.8 Å². The van der Waals surface area contributed by atoms with Crippen LogP contribution in [0.2, 0.25) is 5.02 Å². The molecule has 3 nitrogen and oxygen atoms in total. The maximum atomic E-state index is 13.3. The zero-order valence-corrected chi connectivity index (χ0v) is 14.3. The van der Waals surface area contributed by atoms with Crippen LogP contribution in [0.3, 0.4) is 0 Å². The predicted octanol–water partition coefficient (Wildman–Crippen LogP) is 4.26. The summed E-state index contributed by atoms with van der Waals surface area (Å²) in [7, 11) is 0. The number of ether oxygens (including phenoxy) is 1. The third-order valence-electron chi connectivity index (χ3n) is 3.53. The van der Waals surface area contributed by atoms with Gasteiger partial charge in [0.1, 0.15) is 11.2 Å². The number of thioether (sulfide) groups is 1. The highest BCUT2D eigenvalue weighted by Gasteiger charge is 2.32. The van der Waals surface area contributed by atoms with Crippen molar-refractivity contribution in [3.8, 4) is 0 Å². The van der Waals surface area contributed by atoms with Gasteiger partial charge in [-0.2, -0.15) is 0 Å². The van der Waals surface area contributed by atoms with Crippen molar-refractivity contribution >= 4 is 29.3 Å². The van der Waals surface area contributed by atoms with Crippen LogP contribution < -0.4 is 0 Å². The summed E-state index contributed by atoms with van der Waals surface area (Å²) in [5.74, 6) is 0.135. The second-order valence-corrected chi connectivity index (χ2v) is 6.72. The first-order valence-electron chi connectivity index (χ1n) is 7.57. The highest BCUT2D eigenvalue weighted by molar-refractivity contribution is 8.00. The molecule has 0 bridgehead atoms. The first kappa shape index (κ1) is 17.6. The number of carbonyl (C=O) groups is 1. The highest BCUT2D eigenvalue weighted by atomic mass is 35.5. The molecule has 0 aromatic heterocycles. The normalized spacial score (nSPS) is 18.2. The van der Waals surface area contributed by atoms with Crippen molar-refractivity contribution < 1.29 is 13.9 Å². The Kier molecular flexibility index (Phi) is 6.99. The molecule has 1 atom stereocenters. The Hall–Kier alpha value is -0.780. The van der Waals surface area contributed by atoms with Crippen LogP contribution in [0.5, 0.6) is 0 Å². The molecule has 0 spiro atoms. The van der Waals surface area contributed by atoms with Crippen LogP contribution in [0.25, 0.3) is 0 Å². The average Bonchev–Trinajstić information content (AvgIpc) is 2.87. The fraction of sp³-hybridized carbons (Fsp3) is 0.562. The third-order valence-corrected chi connectivity index (χ3v) is 5.07. The van der Waals surface area contributed by atoms with Crippen LogP contribution in [-0.4, -0.2) is 36.3 Å². The van der Waals surface area contributed by atoms with Gasteiger partial charge in [-0.05, 0) is 30.5 Å². The van der Waals surface area contributed by atoms with E-state index in [0.717, 1.165) is 31.4 Å². The Morgan fingerprint density at radius 3 is 2.91 bits per heavy atom. The van der Waals surface area contributed by atoms with E-state index in [1.807, 2.05) is 4.90 Å². The monoisotopic (exact) mass is 345 g/mol. The maximum Gasteiger partial charge on any atom is 0.233 e. The molecule has 0 aliphatic carbocycles. The van der Waals surface area contributed by atoms with Gasteiger partial charge in [-0.1, -0.05) is 31.0 Å². The molecule has 1 amide bonds. The minimum absolute atomic E-state index is 0.0822. The lowest BCUT2D eigenvalue weighted by Crippen LogP contribution is -2.30. The van der Waals surface area contributed by atoms with E-state index in [0.29, 0.717) is 18.9 Å². The molecule has 22 heavy (non-hydrogen) atoms. The van der Waals surface area contributed by atoms with E-state index in [1.165, 1.54) is 6.07 Å². The van der Waals surface area contributed by atoms with Crippen LogP contribution in [0.4, 0.5) is 4.39 Å². The number of rotatable bonds is 8. The summed E-state index contributed by atoms with van der Waals surface area (Å²) < 4.78 is 18.8. The third kappa shape index (κ3) is 4.61. The number of hydrogen-bond acceptors (Lipinski definition) is 3. The van der Waals surface area contributed by atoms with Gasteiger partial charge in [-0.15, -0.1) is 11.8 Å². The van der Waals surface area contributed by atoms with Crippen molar-refractivity contribution in [2.24, 2.45) is 0 Å². The minimum Gasteiger partial charge on any atom is -0.381 e. The second kappa shape index (κ2) is 8.75. The van der Waals surface area contributed by atoms with Crippen LogP contribution in [0.1, 0.15) is 37.1 Å². The van der Waals surface area contributed by atoms with Gasteiger partial charge in [0.05, 0.1) is 10.8 Å². The van der Waals surface area contributed by atoms with E-state index in [-0.39, 0.29) is 16.3 Å². The van der Waals surface area contributed by atoms with Crippen molar-refractivity contribution in [2.75, 3.05) is 25.5 Å². The van der Waals surface area contributed by atoms with Gasteiger partial charge < -0.3 is 9.64 Å². The van der Waals surface area contributed by atoms with E-state index >= 15 is 0 Å². The smallest absolute Gasteiger partial charge is 0.233 e. The topological polar surface area (TPSA) is 29.5 Å². The van der Waals surface area contributed by atoms with Crippen molar-refractivity contribution in [1.82, 2.24) is 4.90 Å². The molecule has 0 radical (unpaired) electrons. The molecule has 1 aromatic rings. The molecule has 1 saturated heterocycles. The number of nitrogens with zero attached hydrogens (tertiary/aromatic N) is 1. The van der Waals surface area contributed by atoms with Crippen molar-refractivity contribution in [3.63, 3.8) is 0 Å². The first-order valence-corrected chi connectivity index (χ1v) is 9.00. The SMILES string of the molecule is CCCCOCCCN1C(=O)CSC1c1ccc(F)c(Cl)c1. The van der Waals surface area contributed by atoms with Gasteiger partial charge >= 0.3 is 0 Å². The summed E-state index contributed by atoms with van der Waals surface area (Å²) in [6.45, 7) is 4.21. The summed E-state index contributed by atoms with van der Waals surface area (Å²) in [4.78, 5) is 13.9. The lowest BCUT2D eigenvalue weighted by Gasteiger charge is -2.24. The predicted molar refractivity (Wildman–Crippen MR) is 88.7 cm³/mol. The molecule has 1 aliphatic heterocycles. The molecular formula is C16H21ClFNO2S. The Bertz CT molecular complexity index is 515.